The Morgan fingerprint density at radius 2 is 1.95 bits per heavy atom. The van der Waals surface area contributed by atoms with Crippen LogP contribution in [-0.2, 0) is 19.3 Å². The molecule has 1 aliphatic rings. The Hall–Kier alpha value is -1.48. The Balaban J connectivity index is 1.86. The third kappa shape index (κ3) is 2.55. The molecule has 0 aliphatic heterocycles. The van der Waals surface area contributed by atoms with E-state index in [-0.39, 0.29) is 17.8 Å². The van der Waals surface area contributed by atoms with Crippen molar-refractivity contribution in [3.8, 4) is 0 Å². The van der Waals surface area contributed by atoms with Crippen LogP contribution < -0.4 is 0 Å². The van der Waals surface area contributed by atoms with Crippen LogP contribution in [0, 0.1) is 5.82 Å². The van der Waals surface area contributed by atoms with Crippen molar-refractivity contribution < 1.29 is 9.18 Å². The van der Waals surface area contributed by atoms with E-state index in [9.17, 15) is 9.18 Å². The molecular formula is C17H14BrFO. The molecular weight excluding hydrogens is 319 g/mol. The average molecular weight is 333 g/mol. The maximum atomic E-state index is 13.8. The van der Waals surface area contributed by atoms with Crippen LogP contribution in [0.2, 0.25) is 0 Å². The lowest BCUT2D eigenvalue weighted by molar-refractivity contribution is 0.0988. The number of carbonyl (C=O) groups is 1. The molecule has 102 valence electrons. The number of fused-ring (bicyclic) bond motifs is 1. The Morgan fingerprint density at radius 1 is 1.15 bits per heavy atom. The first-order valence-corrected chi connectivity index (χ1v) is 7.52. The maximum Gasteiger partial charge on any atom is 0.171 e. The van der Waals surface area contributed by atoms with Crippen LogP contribution in [0.3, 0.4) is 0 Å². The molecule has 0 heterocycles. The van der Waals surface area contributed by atoms with Crippen molar-refractivity contribution >= 4 is 21.7 Å². The van der Waals surface area contributed by atoms with Crippen LogP contribution in [0.15, 0.2) is 40.9 Å². The van der Waals surface area contributed by atoms with Gasteiger partial charge in [0.15, 0.2) is 5.78 Å². The highest BCUT2D eigenvalue weighted by molar-refractivity contribution is 9.10. The number of aryl methyl sites for hydroxylation is 2. The third-order valence-electron chi connectivity index (χ3n) is 3.77. The molecule has 0 saturated heterocycles. The van der Waals surface area contributed by atoms with Crippen LogP contribution in [0.25, 0.3) is 0 Å². The smallest absolute Gasteiger partial charge is 0.171 e. The minimum atomic E-state index is -0.467. The molecule has 0 fully saturated rings. The number of benzene rings is 2. The van der Waals surface area contributed by atoms with Gasteiger partial charge in [0.25, 0.3) is 0 Å². The summed E-state index contributed by atoms with van der Waals surface area (Å²) in [5.41, 5.74) is 3.83. The van der Waals surface area contributed by atoms with Gasteiger partial charge in [0, 0.05) is 10.9 Å². The zero-order chi connectivity index (χ0) is 14.1. The average Bonchev–Trinajstić information content (AvgIpc) is 2.85. The van der Waals surface area contributed by atoms with Crippen molar-refractivity contribution in [2.75, 3.05) is 0 Å². The molecule has 2 aromatic carbocycles. The quantitative estimate of drug-likeness (QED) is 0.756. The Morgan fingerprint density at radius 3 is 2.75 bits per heavy atom. The molecule has 1 nitrogen and oxygen atoms in total. The van der Waals surface area contributed by atoms with Crippen molar-refractivity contribution in [3.05, 3.63) is 68.9 Å². The molecule has 3 heteroatoms. The van der Waals surface area contributed by atoms with Crippen LogP contribution in [0.1, 0.15) is 33.5 Å². The summed E-state index contributed by atoms with van der Waals surface area (Å²) in [5, 5.41) is 0. The summed E-state index contributed by atoms with van der Waals surface area (Å²) >= 11 is 3.25. The Kier molecular flexibility index (Phi) is 3.70. The van der Waals surface area contributed by atoms with E-state index >= 15 is 0 Å². The van der Waals surface area contributed by atoms with Crippen molar-refractivity contribution in [2.24, 2.45) is 0 Å². The van der Waals surface area contributed by atoms with Gasteiger partial charge in [-0.25, -0.2) is 4.39 Å². The standard InChI is InChI=1S/C17H14BrFO/c18-14-5-2-6-15(19)17(14)16(20)10-11-7-8-12-3-1-4-13(12)9-11/h2,5-9H,1,3-4,10H2. The van der Waals surface area contributed by atoms with Crippen LogP contribution in [-0.4, -0.2) is 5.78 Å². The zero-order valence-corrected chi connectivity index (χ0v) is 12.5. The topological polar surface area (TPSA) is 17.1 Å². The third-order valence-corrected chi connectivity index (χ3v) is 4.43. The van der Waals surface area contributed by atoms with Crippen LogP contribution in [0.5, 0.6) is 0 Å². The predicted molar refractivity (Wildman–Crippen MR) is 80.6 cm³/mol. The predicted octanol–water partition coefficient (Wildman–Crippen LogP) is 4.50. The van der Waals surface area contributed by atoms with E-state index in [1.165, 1.54) is 23.6 Å². The normalized spacial score (nSPS) is 13.3. The first-order valence-electron chi connectivity index (χ1n) is 6.73. The molecule has 0 saturated carbocycles. The zero-order valence-electron chi connectivity index (χ0n) is 11.0. The van der Waals surface area contributed by atoms with Crippen molar-refractivity contribution in [2.45, 2.75) is 25.7 Å². The number of rotatable bonds is 3. The molecule has 2 aromatic rings. The highest BCUT2D eigenvalue weighted by atomic mass is 79.9. The fraction of sp³-hybridized carbons (Fsp3) is 0.235. The van der Waals surface area contributed by atoms with Gasteiger partial charge in [0.05, 0.1) is 5.56 Å². The van der Waals surface area contributed by atoms with E-state index < -0.39 is 5.82 Å². The first-order chi connectivity index (χ1) is 9.65. The van der Waals surface area contributed by atoms with Crippen molar-refractivity contribution in [1.29, 1.82) is 0 Å². The summed E-state index contributed by atoms with van der Waals surface area (Å²) in [6.45, 7) is 0. The molecule has 0 amide bonds. The molecule has 0 radical (unpaired) electrons. The molecule has 20 heavy (non-hydrogen) atoms. The molecule has 0 N–H and O–H groups in total. The number of hydrogen-bond donors (Lipinski definition) is 0. The Bertz CT molecular complexity index is 658. The Labute approximate surface area is 126 Å². The van der Waals surface area contributed by atoms with E-state index in [0.29, 0.717) is 4.47 Å². The van der Waals surface area contributed by atoms with Crippen molar-refractivity contribution in [1.82, 2.24) is 0 Å². The number of hydrogen-bond acceptors (Lipinski definition) is 1. The molecule has 3 rings (SSSR count). The molecule has 1 aliphatic carbocycles. The van der Waals surface area contributed by atoms with Gasteiger partial charge in [-0.3, -0.25) is 4.79 Å². The van der Waals surface area contributed by atoms with E-state index in [0.717, 1.165) is 18.4 Å². The highest BCUT2D eigenvalue weighted by Crippen LogP contribution is 2.25. The van der Waals surface area contributed by atoms with E-state index in [2.05, 4.69) is 28.1 Å². The van der Waals surface area contributed by atoms with E-state index in [4.69, 9.17) is 0 Å². The van der Waals surface area contributed by atoms with E-state index in [1.807, 2.05) is 6.07 Å². The molecule has 0 aromatic heterocycles. The SMILES string of the molecule is O=C(Cc1ccc2c(c1)CCC2)c1c(F)cccc1Br. The fourth-order valence-corrected chi connectivity index (χ4v) is 3.34. The van der Waals surface area contributed by atoms with Gasteiger partial charge in [-0.1, -0.05) is 24.3 Å². The second kappa shape index (κ2) is 5.49. The monoisotopic (exact) mass is 332 g/mol. The number of Topliss-reactive ketones (excluding diaryl/α,β-unsaturated/α-hetero) is 1. The van der Waals surface area contributed by atoms with Gasteiger partial charge in [-0.15, -0.1) is 0 Å². The van der Waals surface area contributed by atoms with Gasteiger partial charge < -0.3 is 0 Å². The second-order valence-electron chi connectivity index (χ2n) is 5.15. The summed E-state index contributed by atoms with van der Waals surface area (Å²) < 4.78 is 14.3. The lowest BCUT2D eigenvalue weighted by Crippen LogP contribution is -2.07. The summed E-state index contributed by atoms with van der Waals surface area (Å²) in [6, 6.07) is 10.8. The minimum Gasteiger partial charge on any atom is -0.294 e. The maximum absolute atomic E-state index is 13.8. The summed E-state index contributed by atoms with van der Waals surface area (Å²) in [4.78, 5) is 12.3. The van der Waals surface area contributed by atoms with Gasteiger partial charge in [0.1, 0.15) is 5.82 Å². The summed E-state index contributed by atoms with van der Waals surface area (Å²) in [6.07, 6.45) is 3.64. The molecule has 0 atom stereocenters. The molecule has 0 spiro atoms. The van der Waals surface area contributed by atoms with Gasteiger partial charge in [-0.2, -0.15) is 0 Å². The van der Waals surface area contributed by atoms with Gasteiger partial charge in [-0.05, 0) is 64.0 Å². The second-order valence-corrected chi connectivity index (χ2v) is 6.01. The van der Waals surface area contributed by atoms with E-state index in [1.54, 1.807) is 12.1 Å². The largest absolute Gasteiger partial charge is 0.294 e. The minimum absolute atomic E-state index is 0.146. The highest BCUT2D eigenvalue weighted by Gasteiger charge is 2.17. The lowest BCUT2D eigenvalue weighted by Gasteiger charge is -2.07. The summed E-state index contributed by atoms with van der Waals surface area (Å²) in [7, 11) is 0. The van der Waals surface area contributed by atoms with Gasteiger partial charge in [0.2, 0.25) is 0 Å². The number of halogens is 2. The molecule has 0 bridgehead atoms. The number of ketones is 1. The number of carbonyl (C=O) groups excluding carboxylic acids is 1. The summed E-state index contributed by atoms with van der Waals surface area (Å²) in [5.74, 6) is -0.654. The van der Waals surface area contributed by atoms with Crippen LogP contribution in [0.4, 0.5) is 4.39 Å². The van der Waals surface area contributed by atoms with Crippen molar-refractivity contribution in [3.63, 3.8) is 0 Å². The van der Waals surface area contributed by atoms with Gasteiger partial charge >= 0.3 is 0 Å². The lowest BCUT2D eigenvalue weighted by atomic mass is 9.99. The molecule has 0 unspecified atom stereocenters. The first kappa shape index (κ1) is 13.5. The fourth-order valence-electron chi connectivity index (χ4n) is 2.77. The van der Waals surface area contributed by atoms with Crippen LogP contribution >= 0.6 is 15.9 Å².